The van der Waals surface area contributed by atoms with Crippen molar-refractivity contribution in [2.24, 2.45) is 0 Å². The van der Waals surface area contributed by atoms with Gasteiger partial charge in [0.05, 0.1) is 5.60 Å². The Kier molecular flexibility index (Phi) is 5.32. The van der Waals surface area contributed by atoms with Gasteiger partial charge in [0.2, 0.25) is 0 Å². The minimum atomic E-state index is -0.819. The summed E-state index contributed by atoms with van der Waals surface area (Å²) in [5.74, 6) is -0.819. The molecule has 6 nitrogen and oxygen atoms in total. The molecule has 100 valence electrons. The second-order valence-corrected chi connectivity index (χ2v) is 5.13. The molecule has 0 bridgehead atoms. The van der Waals surface area contributed by atoms with Crippen LogP contribution in [-0.4, -0.2) is 60.8 Å². The van der Waals surface area contributed by atoms with Crippen molar-refractivity contribution in [1.29, 1.82) is 0 Å². The number of rotatable bonds is 5. The molecule has 0 saturated carbocycles. The van der Waals surface area contributed by atoms with E-state index in [-0.39, 0.29) is 12.4 Å². The second-order valence-electron chi connectivity index (χ2n) is 5.13. The van der Waals surface area contributed by atoms with E-state index in [1.807, 2.05) is 25.7 Å². The molecule has 0 aromatic heterocycles. The van der Waals surface area contributed by atoms with E-state index in [1.54, 1.807) is 0 Å². The van der Waals surface area contributed by atoms with Crippen molar-refractivity contribution in [3.63, 3.8) is 0 Å². The van der Waals surface area contributed by atoms with Crippen LogP contribution in [-0.2, 0) is 14.3 Å². The van der Waals surface area contributed by atoms with Crippen LogP contribution in [0.25, 0.3) is 0 Å². The molecule has 1 aliphatic heterocycles. The zero-order valence-corrected chi connectivity index (χ0v) is 10.7. The lowest BCUT2D eigenvalue weighted by molar-refractivity contribution is -0.149. The molecule has 17 heavy (non-hydrogen) atoms. The number of carboxylic acid groups (broad SMARTS) is 1. The van der Waals surface area contributed by atoms with Gasteiger partial charge < -0.3 is 19.9 Å². The quantitative estimate of drug-likeness (QED) is 0.529. The molecular formula is C11H22N2O4. The third-order valence-electron chi connectivity index (χ3n) is 2.41. The van der Waals surface area contributed by atoms with Crippen LogP contribution in [0.15, 0.2) is 0 Å². The Morgan fingerprint density at radius 1 is 1.53 bits per heavy atom. The summed E-state index contributed by atoms with van der Waals surface area (Å²) in [6, 6.07) is -0.504. The molecule has 2 N–H and O–H groups in total. The Hall–Kier alpha value is -0.690. The molecule has 0 spiro atoms. The fourth-order valence-corrected chi connectivity index (χ4v) is 1.48. The van der Waals surface area contributed by atoms with Crippen LogP contribution in [0.2, 0.25) is 0 Å². The van der Waals surface area contributed by atoms with Crippen LogP contribution in [0.4, 0.5) is 0 Å². The first-order valence-corrected chi connectivity index (χ1v) is 5.79. The molecule has 1 rings (SSSR count). The molecule has 1 saturated heterocycles. The molecule has 0 aromatic carbocycles. The topological polar surface area (TPSA) is 71.0 Å². The van der Waals surface area contributed by atoms with Gasteiger partial charge in [-0.05, 0) is 20.8 Å². The van der Waals surface area contributed by atoms with E-state index in [2.05, 4.69) is 5.32 Å². The largest absolute Gasteiger partial charge is 0.480 e. The Labute approximate surface area is 102 Å². The van der Waals surface area contributed by atoms with Crippen LogP contribution >= 0.6 is 0 Å². The third kappa shape index (κ3) is 5.97. The van der Waals surface area contributed by atoms with Crippen molar-refractivity contribution in [3.8, 4) is 0 Å². The average Bonchev–Trinajstić information content (AvgIpc) is 2.23. The van der Waals surface area contributed by atoms with E-state index in [0.717, 1.165) is 6.54 Å². The zero-order chi connectivity index (χ0) is 12.9. The van der Waals surface area contributed by atoms with Crippen LogP contribution in [0.5, 0.6) is 0 Å². The molecule has 0 aromatic rings. The predicted octanol–water partition coefficient (Wildman–Crippen LogP) is 0.0915. The number of ether oxygens (including phenoxy) is 2. The lowest BCUT2D eigenvalue weighted by Crippen LogP contribution is -2.54. The smallest absolute Gasteiger partial charge is 0.322 e. The predicted molar refractivity (Wildman–Crippen MR) is 62.7 cm³/mol. The minimum absolute atomic E-state index is 0.215. The van der Waals surface area contributed by atoms with Crippen LogP contribution in [0.3, 0.4) is 0 Å². The number of carbonyl (C=O) groups is 1. The average molecular weight is 246 g/mol. The SMILES string of the molecule is CC(C)(C)OCOCN1CCNC(C(=O)O)C1. The molecule has 0 aliphatic carbocycles. The number of aliphatic carboxylic acids is 1. The summed E-state index contributed by atoms with van der Waals surface area (Å²) in [5, 5.41) is 11.8. The fraction of sp³-hybridized carbons (Fsp3) is 0.909. The molecule has 0 amide bonds. The molecule has 1 aliphatic rings. The maximum absolute atomic E-state index is 10.8. The Balaban J connectivity index is 2.17. The van der Waals surface area contributed by atoms with Gasteiger partial charge in [0.15, 0.2) is 0 Å². The van der Waals surface area contributed by atoms with Crippen molar-refractivity contribution in [1.82, 2.24) is 10.2 Å². The number of nitrogens with zero attached hydrogens (tertiary/aromatic N) is 1. The summed E-state index contributed by atoms with van der Waals surface area (Å²) in [6.07, 6.45) is 0. The normalized spacial score (nSPS) is 22.6. The van der Waals surface area contributed by atoms with Gasteiger partial charge in [-0.3, -0.25) is 9.69 Å². The summed E-state index contributed by atoms with van der Waals surface area (Å²) in [5.41, 5.74) is -0.215. The molecule has 0 radical (unpaired) electrons. The van der Waals surface area contributed by atoms with Crippen LogP contribution in [0.1, 0.15) is 20.8 Å². The Bertz CT molecular complexity index is 252. The number of hydrogen-bond acceptors (Lipinski definition) is 5. The van der Waals surface area contributed by atoms with E-state index in [9.17, 15) is 4.79 Å². The highest BCUT2D eigenvalue weighted by atomic mass is 16.7. The molecule has 1 heterocycles. The number of carboxylic acids is 1. The number of nitrogens with one attached hydrogen (secondary N) is 1. The van der Waals surface area contributed by atoms with Gasteiger partial charge in [-0.25, -0.2) is 0 Å². The highest BCUT2D eigenvalue weighted by molar-refractivity contribution is 5.73. The van der Waals surface area contributed by atoms with Crippen molar-refractivity contribution in [2.45, 2.75) is 32.4 Å². The van der Waals surface area contributed by atoms with E-state index in [4.69, 9.17) is 14.6 Å². The number of hydrogen-bond donors (Lipinski definition) is 2. The monoisotopic (exact) mass is 246 g/mol. The second kappa shape index (κ2) is 6.30. The van der Waals surface area contributed by atoms with Crippen molar-refractivity contribution in [3.05, 3.63) is 0 Å². The first-order valence-electron chi connectivity index (χ1n) is 5.79. The van der Waals surface area contributed by atoms with E-state index >= 15 is 0 Å². The lowest BCUT2D eigenvalue weighted by Gasteiger charge is -2.31. The third-order valence-corrected chi connectivity index (χ3v) is 2.41. The minimum Gasteiger partial charge on any atom is -0.480 e. The van der Waals surface area contributed by atoms with Gasteiger partial charge in [-0.2, -0.15) is 0 Å². The van der Waals surface area contributed by atoms with E-state index < -0.39 is 12.0 Å². The lowest BCUT2D eigenvalue weighted by atomic mass is 10.2. The molecule has 1 unspecified atom stereocenters. The zero-order valence-electron chi connectivity index (χ0n) is 10.7. The molecular weight excluding hydrogens is 224 g/mol. The van der Waals surface area contributed by atoms with Gasteiger partial charge in [-0.15, -0.1) is 0 Å². The Morgan fingerprint density at radius 2 is 2.24 bits per heavy atom. The highest BCUT2D eigenvalue weighted by Gasteiger charge is 2.24. The van der Waals surface area contributed by atoms with E-state index in [1.165, 1.54) is 0 Å². The standard InChI is InChI=1S/C11H22N2O4/c1-11(2,3)17-8-16-7-13-5-4-12-9(6-13)10(14)15/h9,12H,4-8H2,1-3H3,(H,14,15). The molecule has 1 atom stereocenters. The highest BCUT2D eigenvalue weighted by Crippen LogP contribution is 2.06. The Morgan fingerprint density at radius 3 is 2.82 bits per heavy atom. The van der Waals surface area contributed by atoms with Crippen molar-refractivity contribution >= 4 is 5.97 Å². The van der Waals surface area contributed by atoms with Crippen LogP contribution in [0, 0.1) is 0 Å². The van der Waals surface area contributed by atoms with Gasteiger partial charge in [0, 0.05) is 19.6 Å². The van der Waals surface area contributed by atoms with Gasteiger partial charge >= 0.3 is 5.97 Å². The maximum atomic E-state index is 10.8. The maximum Gasteiger partial charge on any atom is 0.322 e. The first-order chi connectivity index (χ1) is 7.88. The molecule has 6 heteroatoms. The summed E-state index contributed by atoms with van der Waals surface area (Å²) in [4.78, 5) is 12.8. The van der Waals surface area contributed by atoms with Crippen LogP contribution < -0.4 is 5.32 Å². The van der Waals surface area contributed by atoms with Crippen molar-refractivity contribution < 1.29 is 19.4 Å². The molecule has 1 fully saturated rings. The van der Waals surface area contributed by atoms with Gasteiger partial charge in [-0.1, -0.05) is 0 Å². The first kappa shape index (κ1) is 14.4. The van der Waals surface area contributed by atoms with Gasteiger partial charge in [0.25, 0.3) is 0 Å². The van der Waals surface area contributed by atoms with Gasteiger partial charge in [0.1, 0.15) is 19.6 Å². The summed E-state index contributed by atoms with van der Waals surface area (Å²) in [7, 11) is 0. The summed E-state index contributed by atoms with van der Waals surface area (Å²) < 4.78 is 10.8. The summed E-state index contributed by atoms with van der Waals surface area (Å²) in [6.45, 7) is 8.43. The number of piperazine rings is 1. The van der Waals surface area contributed by atoms with Crippen molar-refractivity contribution in [2.75, 3.05) is 33.2 Å². The fourth-order valence-electron chi connectivity index (χ4n) is 1.48. The summed E-state index contributed by atoms with van der Waals surface area (Å²) >= 11 is 0. The van der Waals surface area contributed by atoms with E-state index in [0.29, 0.717) is 19.8 Å².